The van der Waals surface area contributed by atoms with Crippen molar-refractivity contribution in [2.45, 2.75) is 25.9 Å². The molecular formula is C20H18F3N5. The molecule has 2 heterocycles. The van der Waals surface area contributed by atoms with Crippen LogP contribution in [0.1, 0.15) is 23.1 Å². The number of alkyl halides is 3. The van der Waals surface area contributed by atoms with E-state index in [1.54, 1.807) is 4.90 Å². The lowest BCUT2D eigenvalue weighted by Crippen LogP contribution is -2.27. The van der Waals surface area contributed by atoms with Crippen molar-refractivity contribution in [2.75, 3.05) is 16.8 Å². The third-order valence-electron chi connectivity index (χ3n) is 4.61. The number of anilines is 4. The highest BCUT2D eigenvalue weighted by Gasteiger charge is 2.32. The largest absolute Gasteiger partial charge is 0.416 e. The Morgan fingerprint density at radius 3 is 2.71 bits per heavy atom. The van der Waals surface area contributed by atoms with E-state index in [2.05, 4.69) is 20.3 Å². The topological polar surface area (TPSA) is 53.9 Å². The Balaban J connectivity index is 1.67. The molecule has 0 amide bonds. The van der Waals surface area contributed by atoms with Crippen molar-refractivity contribution in [2.24, 2.45) is 0 Å². The maximum atomic E-state index is 13.2. The average Bonchev–Trinajstić information content (AvgIpc) is 2.66. The highest BCUT2D eigenvalue weighted by Crippen LogP contribution is 2.37. The van der Waals surface area contributed by atoms with Crippen molar-refractivity contribution < 1.29 is 13.2 Å². The van der Waals surface area contributed by atoms with E-state index >= 15 is 0 Å². The number of nitrogens with zero attached hydrogens (tertiary/aromatic N) is 4. The lowest BCUT2D eigenvalue weighted by Gasteiger charge is -2.30. The van der Waals surface area contributed by atoms with Gasteiger partial charge in [0.05, 0.1) is 5.56 Å². The molecule has 1 N–H and O–H groups in total. The van der Waals surface area contributed by atoms with Gasteiger partial charge in [-0.05, 0) is 55.2 Å². The number of hydrogen-bond donors (Lipinski definition) is 1. The van der Waals surface area contributed by atoms with Crippen LogP contribution in [0.5, 0.6) is 0 Å². The summed E-state index contributed by atoms with van der Waals surface area (Å²) in [6, 6.07) is 11.6. The van der Waals surface area contributed by atoms with Gasteiger partial charge in [-0.15, -0.1) is 0 Å². The molecule has 2 aromatic carbocycles. The minimum atomic E-state index is -4.39. The van der Waals surface area contributed by atoms with Gasteiger partial charge in [0, 0.05) is 17.9 Å². The van der Waals surface area contributed by atoms with Crippen LogP contribution in [-0.2, 0) is 12.6 Å². The van der Waals surface area contributed by atoms with Crippen LogP contribution in [0.15, 0.2) is 48.8 Å². The van der Waals surface area contributed by atoms with Gasteiger partial charge in [-0.3, -0.25) is 0 Å². The summed E-state index contributed by atoms with van der Waals surface area (Å²) < 4.78 is 39.5. The van der Waals surface area contributed by atoms with Gasteiger partial charge in [-0.25, -0.2) is 9.97 Å². The molecule has 28 heavy (non-hydrogen) atoms. The summed E-state index contributed by atoms with van der Waals surface area (Å²) in [5.74, 6) is 0.667. The van der Waals surface area contributed by atoms with Crippen molar-refractivity contribution >= 4 is 23.3 Å². The number of benzene rings is 2. The van der Waals surface area contributed by atoms with Crippen LogP contribution in [0.25, 0.3) is 0 Å². The van der Waals surface area contributed by atoms with Gasteiger partial charge in [0.1, 0.15) is 6.33 Å². The van der Waals surface area contributed by atoms with E-state index in [4.69, 9.17) is 0 Å². The van der Waals surface area contributed by atoms with Crippen LogP contribution >= 0.6 is 0 Å². The molecule has 0 aliphatic carbocycles. The summed E-state index contributed by atoms with van der Waals surface area (Å²) in [5, 5.41) is 3.11. The molecule has 1 aliphatic heterocycles. The van der Waals surface area contributed by atoms with Gasteiger partial charge in [-0.1, -0.05) is 18.2 Å². The number of fused-ring (bicyclic) bond motifs is 1. The zero-order chi connectivity index (χ0) is 19.7. The van der Waals surface area contributed by atoms with Gasteiger partial charge in [0.15, 0.2) is 0 Å². The minimum absolute atomic E-state index is 0.324. The first-order chi connectivity index (χ1) is 13.4. The molecule has 3 aromatic rings. The second-order valence-corrected chi connectivity index (χ2v) is 6.70. The van der Waals surface area contributed by atoms with E-state index in [0.29, 0.717) is 24.1 Å². The molecule has 8 heteroatoms. The first-order valence-electron chi connectivity index (χ1n) is 8.90. The number of halogens is 3. The Hall–Kier alpha value is -3.16. The number of rotatable bonds is 3. The van der Waals surface area contributed by atoms with E-state index < -0.39 is 11.7 Å². The Labute approximate surface area is 160 Å². The van der Waals surface area contributed by atoms with Crippen molar-refractivity contribution in [1.82, 2.24) is 15.0 Å². The summed E-state index contributed by atoms with van der Waals surface area (Å²) in [5.41, 5.74) is 2.59. The highest BCUT2D eigenvalue weighted by molar-refractivity contribution is 5.65. The van der Waals surface area contributed by atoms with Gasteiger partial charge in [0.2, 0.25) is 11.9 Å². The predicted molar refractivity (Wildman–Crippen MR) is 101 cm³/mol. The van der Waals surface area contributed by atoms with Crippen LogP contribution in [0.2, 0.25) is 0 Å². The SMILES string of the molecule is Cc1cccc(Nc2ncnc(N3CCCc4ccc(C(F)(F)F)cc43)n2)c1. The molecule has 0 unspecified atom stereocenters. The van der Waals surface area contributed by atoms with E-state index in [-0.39, 0.29) is 0 Å². The number of aryl methyl sites for hydroxylation is 2. The molecule has 5 nitrogen and oxygen atoms in total. The van der Waals surface area contributed by atoms with Crippen molar-refractivity contribution in [3.63, 3.8) is 0 Å². The van der Waals surface area contributed by atoms with Crippen LogP contribution in [0.3, 0.4) is 0 Å². The van der Waals surface area contributed by atoms with Gasteiger partial charge in [0.25, 0.3) is 0 Å². The van der Waals surface area contributed by atoms with E-state index in [9.17, 15) is 13.2 Å². The molecule has 0 bridgehead atoms. The maximum absolute atomic E-state index is 13.2. The van der Waals surface area contributed by atoms with E-state index in [1.165, 1.54) is 18.5 Å². The van der Waals surface area contributed by atoms with Gasteiger partial charge >= 0.3 is 6.18 Å². The predicted octanol–water partition coefficient (Wildman–Crippen LogP) is 5.03. The minimum Gasteiger partial charge on any atom is -0.324 e. The summed E-state index contributed by atoms with van der Waals surface area (Å²) in [4.78, 5) is 14.5. The highest BCUT2D eigenvalue weighted by atomic mass is 19.4. The molecule has 0 atom stereocenters. The standard InChI is InChI=1S/C20H18F3N5/c1-13-4-2-6-16(10-13)26-18-24-12-25-19(27-18)28-9-3-5-14-7-8-15(11-17(14)28)20(21,22)23/h2,4,6-8,10-12H,3,5,9H2,1H3,(H,24,25,26,27). The summed E-state index contributed by atoms with van der Waals surface area (Å²) in [7, 11) is 0. The second kappa shape index (κ2) is 7.10. The molecule has 4 rings (SSSR count). The molecule has 0 saturated heterocycles. The fourth-order valence-corrected chi connectivity index (χ4v) is 3.29. The molecule has 1 aliphatic rings. The lowest BCUT2D eigenvalue weighted by atomic mass is 9.99. The number of nitrogens with one attached hydrogen (secondary N) is 1. The van der Waals surface area contributed by atoms with Crippen molar-refractivity contribution in [1.29, 1.82) is 0 Å². The second-order valence-electron chi connectivity index (χ2n) is 6.70. The Kier molecular flexibility index (Phi) is 4.62. The molecule has 0 saturated carbocycles. The molecule has 1 aromatic heterocycles. The Bertz CT molecular complexity index is 1000. The van der Waals surface area contributed by atoms with Crippen molar-refractivity contribution in [3.05, 3.63) is 65.5 Å². The third kappa shape index (κ3) is 3.76. The number of aromatic nitrogens is 3. The van der Waals surface area contributed by atoms with E-state index in [0.717, 1.165) is 35.7 Å². The summed E-state index contributed by atoms with van der Waals surface area (Å²) >= 11 is 0. The third-order valence-corrected chi connectivity index (χ3v) is 4.61. The summed E-state index contributed by atoms with van der Waals surface area (Å²) in [6.45, 7) is 2.52. The Morgan fingerprint density at radius 2 is 1.93 bits per heavy atom. The Morgan fingerprint density at radius 1 is 1.07 bits per heavy atom. The smallest absolute Gasteiger partial charge is 0.324 e. The number of hydrogen-bond acceptors (Lipinski definition) is 5. The average molecular weight is 385 g/mol. The first kappa shape index (κ1) is 18.2. The quantitative estimate of drug-likeness (QED) is 0.686. The molecular weight excluding hydrogens is 367 g/mol. The molecule has 144 valence electrons. The first-order valence-corrected chi connectivity index (χ1v) is 8.90. The van der Waals surface area contributed by atoms with Crippen LogP contribution < -0.4 is 10.2 Å². The fourth-order valence-electron chi connectivity index (χ4n) is 3.29. The van der Waals surface area contributed by atoms with Gasteiger partial charge in [-0.2, -0.15) is 18.2 Å². The fraction of sp³-hybridized carbons (Fsp3) is 0.250. The normalized spacial score (nSPS) is 13.9. The monoisotopic (exact) mass is 385 g/mol. The zero-order valence-electron chi connectivity index (χ0n) is 15.2. The lowest BCUT2D eigenvalue weighted by molar-refractivity contribution is -0.137. The van der Waals surface area contributed by atoms with Crippen LogP contribution in [-0.4, -0.2) is 21.5 Å². The van der Waals surface area contributed by atoms with Gasteiger partial charge < -0.3 is 10.2 Å². The maximum Gasteiger partial charge on any atom is 0.416 e. The van der Waals surface area contributed by atoms with E-state index in [1.807, 2.05) is 31.2 Å². The van der Waals surface area contributed by atoms with Crippen LogP contribution in [0.4, 0.5) is 36.4 Å². The van der Waals surface area contributed by atoms with Crippen molar-refractivity contribution in [3.8, 4) is 0 Å². The molecule has 0 radical (unpaired) electrons. The molecule has 0 spiro atoms. The molecule has 0 fully saturated rings. The van der Waals surface area contributed by atoms with Crippen LogP contribution in [0, 0.1) is 6.92 Å². The summed E-state index contributed by atoms with van der Waals surface area (Å²) in [6.07, 6.45) is -1.49. The zero-order valence-corrected chi connectivity index (χ0v) is 15.2.